The summed E-state index contributed by atoms with van der Waals surface area (Å²) in [5.41, 5.74) is 5.01. The quantitative estimate of drug-likeness (QED) is 0.274. The highest BCUT2D eigenvalue weighted by atomic mass is 16.6. The fraction of sp³-hybridized carbons (Fsp3) is 0.370. The number of hydrogen-bond donors (Lipinski definition) is 0. The molecule has 4 rings (SSSR count). The average molecular weight is 489 g/mol. The van der Waals surface area contributed by atoms with Crippen LogP contribution >= 0.6 is 0 Å². The van der Waals surface area contributed by atoms with E-state index < -0.39 is 4.92 Å². The van der Waals surface area contributed by atoms with Gasteiger partial charge in [-0.15, -0.1) is 10.2 Å². The van der Waals surface area contributed by atoms with E-state index >= 15 is 0 Å². The van der Waals surface area contributed by atoms with Gasteiger partial charge in [0.1, 0.15) is 5.75 Å². The number of hydrogen-bond acceptors (Lipinski definition) is 7. The van der Waals surface area contributed by atoms with Crippen molar-refractivity contribution in [3.05, 3.63) is 68.6 Å². The standard InChI is InChI=1S/C27H32N6O3/c1-8-31(9-2)19-11-10-18(17(3)14-19)15-22-24(27(4,5)6)30-32-25(28-29-26(22)32)21-16-20(33(34)35)12-13-23(21)36-7/h10-16H,8-9H2,1-7H3. The van der Waals surface area contributed by atoms with Crippen molar-refractivity contribution in [1.82, 2.24) is 19.8 Å². The number of fused-ring (bicyclic) bond motifs is 1. The molecule has 0 N–H and O–H groups in total. The first-order valence-electron chi connectivity index (χ1n) is 12.0. The predicted molar refractivity (Wildman–Crippen MR) is 142 cm³/mol. The maximum Gasteiger partial charge on any atom is 0.270 e. The van der Waals surface area contributed by atoms with Gasteiger partial charge in [0.15, 0.2) is 11.5 Å². The lowest BCUT2D eigenvalue weighted by Gasteiger charge is -2.22. The SMILES string of the molecule is CCN(CC)c1ccc(C=c2c(C(C)(C)C)nn3c(-c4cc([N+](=O)[O-])ccc4OC)nnc23)c(C)c1. The number of rotatable bonds is 7. The van der Waals surface area contributed by atoms with E-state index in [2.05, 4.69) is 80.9 Å². The molecule has 2 heterocycles. The number of benzene rings is 2. The van der Waals surface area contributed by atoms with Crippen molar-refractivity contribution in [2.24, 2.45) is 0 Å². The van der Waals surface area contributed by atoms with E-state index in [0.717, 1.165) is 35.1 Å². The molecule has 0 bridgehead atoms. The van der Waals surface area contributed by atoms with Crippen LogP contribution in [0.4, 0.5) is 11.4 Å². The van der Waals surface area contributed by atoms with Gasteiger partial charge in [-0.2, -0.15) is 9.61 Å². The molecule has 4 aromatic rings. The fourth-order valence-electron chi connectivity index (χ4n) is 4.40. The molecule has 0 saturated carbocycles. The van der Waals surface area contributed by atoms with Crippen molar-refractivity contribution in [3.63, 3.8) is 0 Å². The number of aromatic nitrogens is 4. The molecule has 0 aliphatic carbocycles. The molecule has 0 aliphatic heterocycles. The molecule has 0 atom stereocenters. The number of ether oxygens (including phenoxy) is 1. The van der Waals surface area contributed by atoms with Crippen LogP contribution in [0.2, 0.25) is 0 Å². The summed E-state index contributed by atoms with van der Waals surface area (Å²) in [6.07, 6.45) is 2.10. The summed E-state index contributed by atoms with van der Waals surface area (Å²) in [7, 11) is 1.52. The fourth-order valence-corrected chi connectivity index (χ4v) is 4.40. The van der Waals surface area contributed by atoms with Crippen molar-refractivity contribution < 1.29 is 9.66 Å². The van der Waals surface area contributed by atoms with Crippen LogP contribution in [-0.4, -0.2) is 44.9 Å². The predicted octanol–water partition coefficient (Wildman–Crippen LogP) is 4.71. The van der Waals surface area contributed by atoms with E-state index in [9.17, 15) is 10.1 Å². The second kappa shape index (κ2) is 9.56. The molecule has 36 heavy (non-hydrogen) atoms. The van der Waals surface area contributed by atoms with Crippen LogP contribution < -0.4 is 14.9 Å². The molecule has 0 unspecified atom stereocenters. The monoisotopic (exact) mass is 488 g/mol. The lowest BCUT2D eigenvalue weighted by atomic mass is 9.90. The second-order valence-corrected chi connectivity index (χ2v) is 9.77. The van der Waals surface area contributed by atoms with E-state index in [-0.39, 0.29) is 11.1 Å². The number of methoxy groups -OCH3 is 1. The first-order valence-corrected chi connectivity index (χ1v) is 12.0. The molecule has 0 spiro atoms. The normalized spacial score (nSPS) is 12.4. The molecule has 0 aliphatic rings. The van der Waals surface area contributed by atoms with Crippen LogP contribution in [0.1, 0.15) is 51.4 Å². The van der Waals surface area contributed by atoms with Gasteiger partial charge in [-0.3, -0.25) is 10.1 Å². The Morgan fingerprint density at radius 2 is 1.83 bits per heavy atom. The molecule has 9 nitrogen and oxygen atoms in total. The summed E-state index contributed by atoms with van der Waals surface area (Å²) in [4.78, 5) is 13.3. The number of nitro benzene ring substituents is 1. The van der Waals surface area contributed by atoms with Gasteiger partial charge in [0.25, 0.3) is 5.69 Å². The van der Waals surface area contributed by atoms with E-state index in [4.69, 9.17) is 9.84 Å². The highest BCUT2D eigenvalue weighted by Gasteiger charge is 2.26. The lowest BCUT2D eigenvalue weighted by molar-refractivity contribution is -0.384. The van der Waals surface area contributed by atoms with Gasteiger partial charge in [0, 0.05) is 41.5 Å². The third-order valence-electron chi connectivity index (χ3n) is 6.36. The van der Waals surface area contributed by atoms with Crippen molar-refractivity contribution in [3.8, 4) is 17.1 Å². The van der Waals surface area contributed by atoms with Crippen molar-refractivity contribution >= 4 is 23.1 Å². The van der Waals surface area contributed by atoms with E-state index in [1.165, 1.54) is 24.9 Å². The molecule has 2 aromatic carbocycles. The molecule has 0 amide bonds. The second-order valence-electron chi connectivity index (χ2n) is 9.77. The number of non-ortho nitro benzene ring substituents is 1. The van der Waals surface area contributed by atoms with Gasteiger partial charge in [0.2, 0.25) is 0 Å². The number of nitro groups is 1. The number of aryl methyl sites for hydroxylation is 1. The molecule has 0 radical (unpaired) electrons. The van der Waals surface area contributed by atoms with Gasteiger partial charge in [-0.05, 0) is 56.2 Å². The molecular weight excluding hydrogens is 456 g/mol. The maximum absolute atomic E-state index is 11.4. The first-order chi connectivity index (χ1) is 17.1. The van der Waals surface area contributed by atoms with Crippen LogP contribution in [0.5, 0.6) is 5.75 Å². The first kappa shape index (κ1) is 25.1. The molecular formula is C27H32N6O3. The zero-order chi connectivity index (χ0) is 26.2. The molecule has 188 valence electrons. The highest BCUT2D eigenvalue weighted by molar-refractivity contribution is 5.71. The van der Waals surface area contributed by atoms with Crippen LogP contribution in [0.15, 0.2) is 36.4 Å². The van der Waals surface area contributed by atoms with Gasteiger partial charge in [-0.25, -0.2) is 0 Å². The Morgan fingerprint density at radius 1 is 1.11 bits per heavy atom. The minimum atomic E-state index is -0.440. The van der Waals surface area contributed by atoms with Crippen molar-refractivity contribution in [2.45, 2.75) is 47.0 Å². The Morgan fingerprint density at radius 3 is 2.42 bits per heavy atom. The largest absolute Gasteiger partial charge is 0.496 e. The third-order valence-corrected chi connectivity index (χ3v) is 6.36. The topological polar surface area (TPSA) is 98.7 Å². The Labute approximate surface area is 210 Å². The van der Waals surface area contributed by atoms with Crippen LogP contribution in [0, 0.1) is 17.0 Å². The minimum absolute atomic E-state index is 0.0548. The number of nitrogens with zero attached hydrogens (tertiary/aromatic N) is 6. The average Bonchev–Trinajstić information content (AvgIpc) is 3.41. The van der Waals surface area contributed by atoms with E-state index in [0.29, 0.717) is 22.8 Å². The summed E-state index contributed by atoms with van der Waals surface area (Å²) >= 11 is 0. The zero-order valence-corrected chi connectivity index (χ0v) is 21.9. The van der Waals surface area contributed by atoms with Gasteiger partial charge < -0.3 is 9.64 Å². The molecule has 9 heteroatoms. The van der Waals surface area contributed by atoms with Gasteiger partial charge >= 0.3 is 0 Å². The summed E-state index contributed by atoms with van der Waals surface area (Å²) in [5.74, 6) is 0.855. The van der Waals surface area contributed by atoms with Crippen LogP contribution in [0.25, 0.3) is 23.1 Å². The Balaban J connectivity index is 1.95. The summed E-state index contributed by atoms with van der Waals surface area (Å²) < 4.78 is 7.13. The molecule has 0 saturated heterocycles. The Kier molecular flexibility index (Phi) is 6.67. The van der Waals surface area contributed by atoms with Crippen molar-refractivity contribution in [2.75, 3.05) is 25.1 Å². The highest BCUT2D eigenvalue weighted by Crippen LogP contribution is 2.32. The number of anilines is 1. The lowest BCUT2D eigenvalue weighted by Crippen LogP contribution is -2.22. The van der Waals surface area contributed by atoms with Crippen molar-refractivity contribution in [1.29, 1.82) is 0 Å². The maximum atomic E-state index is 11.4. The summed E-state index contributed by atoms with van der Waals surface area (Å²) in [5, 5.41) is 26.0. The summed E-state index contributed by atoms with van der Waals surface area (Å²) in [6, 6.07) is 10.9. The summed E-state index contributed by atoms with van der Waals surface area (Å²) in [6.45, 7) is 14.6. The van der Waals surface area contributed by atoms with Crippen LogP contribution in [0.3, 0.4) is 0 Å². The molecule has 2 aromatic heterocycles. The third kappa shape index (κ3) is 4.48. The Bertz CT molecular complexity index is 1480. The molecule has 0 fully saturated rings. The van der Waals surface area contributed by atoms with E-state index in [1.54, 1.807) is 10.6 Å². The van der Waals surface area contributed by atoms with Gasteiger partial charge in [0.05, 0.1) is 23.3 Å². The van der Waals surface area contributed by atoms with Crippen LogP contribution in [-0.2, 0) is 5.41 Å². The zero-order valence-electron chi connectivity index (χ0n) is 21.9. The Hall–Kier alpha value is -4.01. The van der Waals surface area contributed by atoms with E-state index in [1.807, 2.05) is 0 Å². The smallest absolute Gasteiger partial charge is 0.270 e. The van der Waals surface area contributed by atoms with Gasteiger partial charge in [-0.1, -0.05) is 26.8 Å². The minimum Gasteiger partial charge on any atom is -0.496 e.